The zero-order chi connectivity index (χ0) is 17.9. The molecular formula is C21H22N4O. The van der Waals surface area contributed by atoms with E-state index in [1.807, 2.05) is 33.7 Å². The minimum Gasteiger partial charge on any atom is -0.335 e. The van der Waals surface area contributed by atoms with Gasteiger partial charge in [0, 0.05) is 23.8 Å². The van der Waals surface area contributed by atoms with E-state index in [0.717, 1.165) is 31.5 Å². The summed E-state index contributed by atoms with van der Waals surface area (Å²) in [7, 11) is 0. The molecule has 4 rings (SSSR count). The molecular weight excluding hydrogens is 324 g/mol. The normalized spacial score (nSPS) is 13.6. The Bertz CT molecular complexity index is 879. The van der Waals surface area contributed by atoms with Gasteiger partial charge in [-0.2, -0.15) is 0 Å². The summed E-state index contributed by atoms with van der Waals surface area (Å²) < 4.78 is 1.81. The smallest absolute Gasteiger partial charge is 0.254 e. The largest absolute Gasteiger partial charge is 0.335 e. The summed E-state index contributed by atoms with van der Waals surface area (Å²) in [5.41, 5.74) is 4.34. The number of amides is 1. The highest BCUT2D eigenvalue weighted by atomic mass is 16.2. The van der Waals surface area contributed by atoms with Crippen molar-refractivity contribution in [2.24, 2.45) is 0 Å². The molecule has 5 heteroatoms. The fraction of sp³-hybridized carbons (Fsp3) is 0.286. The Morgan fingerprint density at radius 1 is 1.08 bits per heavy atom. The molecule has 5 nitrogen and oxygen atoms in total. The number of carbonyl (C=O) groups excluding carboxylic acids is 1. The summed E-state index contributed by atoms with van der Waals surface area (Å²) in [5, 5.41) is 7.68. The summed E-state index contributed by atoms with van der Waals surface area (Å²) in [6, 6.07) is 16.4. The molecule has 132 valence electrons. The van der Waals surface area contributed by atoms with Crippen molar-refractivity contribution in [1.29, 1.82) is 0 Å². The molecule has 0 fully saturated rings. The first-order valence-electron chi connectivity index (χ1n) is 9.09. The van der Waals surface area contributed by atoms with Gasteiger partial charge in [0.05, 0.1) is 0 Å². The first-order chi connectivity index (χ1) is 12.8. The third-order valence-corrected chi connectivity index (χ3v) is 5.01. The summed E-state index contributed by atoms with van der Waals surface area (Å²) in [6.45, 7) is 2.89. The van der Waals surface area contributed by atoms with Crippen LogP contribution in [0.5, 0.6) is 0 Å². The Balaban J connectivity index is 1.60. The summed E-state index contributed by atoms with van der Waals surface area (Å²) >= 11 is 0. The molecule has 1 amide bonds. The van der Waals surface area contributed by atoms with Crippen molar-refractivity contribution in [3.63, 3.8) is 0 Å². The van der Waals surface area contributed by atoms with Crippen molar-refractivity contribution in [2.75, 3.05) is 6.54 Å². The predicted molar refractivity (Wildman–Crippen MR) is 100 cm³/mol. The van der Waals surface area contributed by atoms with Crippen LogP contribution in [0.4, 0.5) is 0 Å². The number of hydrogen-bond acceptors (Lipinski definition) is 3. The van der Waals surface area contributed by atoms with E-state index in [0.29, 0.717) is 5.56 Å². The van der Waals surface area contributed by atoms with Gasteiger partial charge in [-0.25, -0.2) is 0 Å². The highest BCUT2D eigenvalue weighted by Gasteiger charge is 2.29. The van der Waals surface area contributed by atoms with Crippen LogP contribution in [0.1, 0.15) is 34.8 Å². The standard InChI is InChI=1S/C21H22N4O/c1-2-10-25(20-11-16-6-3-4-7-17(16)12-20)21(26)18-8-5-9-19(13-18)24-14-22-23-15-24/h3-9,13-15,20H,2,10-12H2,1H3. The van der Waals surface area contributed by atoms with Crippen LogP contribution >= 0.6 is 0 Å². The first kappa shape index (κ1) is 16.5. The van der Waals surface area contributed by atoms with Crippen LogP contribution in [0, 0.1) is 0 Å². The van der Waals surface area contributed by atoms with Crippen LogP contribution in [0.2, 0.25) is 0 Å². The molecule has 0 radical (unpaired) electrons. The third-order valence-electron chi connectivity index (χ3n) is 5.01. The highest BCUT2D eigenvalue weighted by molar-refractivity contribution is 5.95. The Labute approximate surface area is 153 Å². The molecule has 0 saturated carbocycles. The zero-order valence-electron chi connectivity index (χ0n) is 14.9. The molecule has 0 saturated heterocycles. The number of hydrogen-bond donors (Lipinski definition) is 0. The second-order valence-corrected chi connectivity index (χ2v) is 6.75. The van der Waals surface area contributed by atoms with E-state index in [-0.39, 0.29) is 11.9 Å². The molecule has 1 heterocycles. The van der Waals surface area contributed by atoms with Crippen LogP contribution in [-0.4, -0.2) is 38.2 Å². The molecule has 0 bridgehead atoms. The minimum atomic E-state index is 0.0968. The molecule has 2 aromatic carbocycles. The zero-order valence-corrected chi connectivity index (χ0v) is 14.9. The molecule has 3 aromatic rings. The second-order valence-electron chi connectivity index (χ2n) is 6.75. The van der Waals surface area contributed by atoms with Crippen LogP contribution in [0.3, 0.4) is 0 Å². The summed E-state index contributed by atoms with van der Waals surface area (Å²) in [5.74, 6) is 0.0968. The SMILES string of the molecule is CCCN(C(=O)c1cccc(-n2cnnc2)c1)C1Cc2ccccc2C1. The van der Waals surface area contributed by atoms with Crippen molar-refractivity contribution in [2.45, 2.75) is 32.2 Å². The number of nitrogens with zero attached hydrogens (tertiary/aromatic N) is 4. The van der Waals surface area contributed by atoms with Gasteiger partial charge < -0.3 is 4.90 Å². The van der Waals surface area contributed by atoms with E-state index in [9.17, 15) is 4.79 Å². The molecule has 0 spiro atoms. The van der Waals surface area contributed by atoms with Gasteiger partial charge in [0.2, 0.25) is 0 Å². The summed E-state index contributed by atoms with van der Waals surface area (Å²) in [6.07, 6.45) is 6.10. The highest BCUT2D eigenvalue weighted by Crippen LogP contribution is 2.27. The Morgan fingerprint density at radius 2 is 1.77 bits per heavy atom. The van der Waals surface area contributed by atoms with Crippen LogP contribution < -0.4 is 0 Å². The number of benzene rings is 2. The predicted octanol–water partition coefficient (Wildman–Crippen LogP) is 3.29. The number of carbonyl (C=O) groups is 1. The van der Waals surface area contributed by atoms with Gasteiger partial charge in [-0.1, -0.05) is 37.3 Å². The van der Waals surface area contributed by atoms with Gasteiger partial charge in [0.25, 0.3) is 5.91 Å². The Morgan fingerprint density at radius 3 is 2.42 bits per heavy atom. The molecule has 0 unspecified atom stereocenters. The molecule has 1 aliphatic carbocycles. The average molecular weight is 346 g/mol. The van der Waals surface area contributed by atoms with E-state index in [4.69, 9.17) is 0 Å². The van der Waals surface area contributed by atoms with Gasteiger partial charge >= 0.3 is 0 Å². The number of fused-ring (bicyclic) bond motifs is 1. The van der Waals surface area contributed by atoms with E-state index in [1.54, 1.807) is 12.7 Å². The van der Waals surface area contributed by atoms with Gasteiger partial charge in [-0.3, -0.25) is 9.36 Å². The molecule has 0 N–H and O–H groups in total. The molecule has 0 aliphatic heterocycles. The molecule has 1 aliphatic rings. The molecule has 0 atom stereocenters. The fourth-order valence-corrected chi connectivity index (χ4v) is 3.75. The van der Waals surface area contributed by atoms with E-state index >= 15 is 0 Å². The van der Waals surface area contributed by atoms with Crippen molar-refractivity contribution < 1.29 is 4.79 Å². The van der Waals surface area contributed by atoms with E-state index in [1.165, 1.54) is 11.1 Å². The maximum atomic E-state index is 13.3. The Kier molecular flexibility index (Phi) is 4.52. The lowest BCUT2D eigenvalue weighted by molar-refractivity contribution is 0.0684. The van der Waals surface area contributed by atoms with Gasteiger partial charge in [0.15, 0.2) is 0 Å². The lowest BCUT2D eigenvalue weighted by Gasteiger charge is -2.29. The van der Waals surface area contributed by atoms with Crippen LogP contribution in [0.25, 0.3) is 5.69 Å². The lowest BCUT2D eigenvalue weighted by atomic mass is 10.1. The number of aromatic nitrogens is 3. The van der Waals surface area contributed by atoms with Gasteiger partial charge in [-0.15, -0.1) is 10.2 Å². The second kappa shape index (κ2) is 7.12. The lowest BCUT2D eigenvalue weighted by Crippen LogP contribution is -2.41. The van der Waals surface area contributed by atoms with Gasteiger partial charge in [-0.05, 0) is 48.6 Å². The average Bonchev–Trinajstić information content (AvgIpc) is 3.35. The van der Waals surface area contributed by atoms with Crippen LogP contribution in [0.15, 0.2) is 61.2 Å². The third kappa shape index (κ3) is 3.12. The summed E-state index contributed by atoms with van der Waals surface area (Å²) in [4.78, 5) is 15.3. The topological polar surface area (TPSA) is 51.0 Å². The maximum Gasteiger partial charge on any atom is 0.254 e. The van der Waals surface area contributed by atoms with Crippen LogP contribution in [-0.2, 0) is 12.8 Å². The van der Waals surface area contributed by atoms with Crippen molar-refractivity contribution in [3.05, 3.63) is 77.9 Å². The van der Waals surface area contributed by atoms with Gasteiger partial charge in [0.1, 0.15) is 12.7 Å². The molecule has 1 aromatic heterocycles. The number of rotatable bonds is 5. The fourth-order valence-electron chi connectivity index (χ4n) is 3.75. The quantitative estimate of drug-likeness (QED) is 0.712. The van der Waals surface area contributed by atoms with E-state index in [2.05, 4.69) is 41.4 Å². The minimum absolute atomic E-state index is 0.0968. The monoisotopic (exact) mass is 346 g/mol. The van der Waals surface area contributed by atoms with Crippen molar-refractivity contribution in [3.8, 4) is 5.69 Å². The first-order valence-corrected chi connectivity index (χ1v) is 9.09. The maximum absolute atomic E-state index is 13.3. The van der Waals surface area contributed by atoms with E-state index < -0.39 is 0 Å². The molecule has 26 heavy (non-hydrogen) atoms. The van der Waals surface area contributed by atoms with Crippen molar-refractivity contribution >= 4 is 5.91 Å². The van der Waals surface area contributed by atoms with Crippen molar-refractivity contribution in [1.82, 2.24) is 19.7 Å². The Hall–Kier alpha value is -2.95.